The first-order valence-corrected chi connectivity index (χ1v) is 8.68. The lowest BCUT2D eigenvalue weighted by Crippen LogP contribution is -2.27. The fraction of sp³-hybridized carbons (Fsp3) is 0.800. The standard InChI is InChI=1S/C10H18N4O2S2/c1-2-11-10-9(12-13-17-10)8-14-4-3-6-18(15,16)7-5-14/h11H,2-8H2,1H3. The highest BCUT2D eigenvalue weighted by Crippen LogP contribution is 2.19. The first-order chi connectivity index (χ1) is 8.61. The van der Waals surface area contributed by atoms with Gasteiger partial charge in [0.15, 0.2) is 9.84 Å². The van der Waals surface area contributed by atoms with E-state index in [9.17, 15) is 8.42 Å². The van der Waals surface area contributed by atoms with Crippen LogP contribution in [0.25, 0.3) is 0 Å². The van der Waals surface area contributed by atoms with Gasteiger partial charge in [-0.15, -0.1) is 5.10 Å². The molecule has 1 aliphatic heterocycles. The molecule has 0 spiro atoms. The Hall–Kier alpha value is -0.730. The summed E-state index contributed by atoms with van der Waals surface area (Å²) in [6.07, 6.45) is 0.705. The molecule has 1 aromatic heterocycles. The van der Waals surface area contributed by atoms with Crippen LogP contribution >= 0.6 is 11.5 Å². The topological polar surface area (TPSA) is 75.2 Å². The van der Waals surface area contributed by atoms with Gasteiger partial charge in [-0.3, -0.25) is 4.90 Å². The number of nitrogens with one attached hydrogen (secondary N) is 1. The molecule has 0 bridgehead atoms. The number of hydrogen-bond acceptors (Lipinski definition) is 7. The number of sulfone groups is 1. The summed E-state index contributed by atoms with van der Waals surface area (Å²) >= 11 is 1.35. The van der Waals surface area contributed by atoms with Crippen molar-refractivity contribution in [3.8, 4) is 0 Å². The Bertz CT molecular complexity index is 486. The van der Waals surface area contributed by atoms with Crippen LogP contribution in [0.15, 0.2) is 0 Å². The Balaban J connectivity index is 1.98. The molecule has 1 aliphatic rings. The molecule has 0 amide bonds. The Labute approximate surface area is 111 Å². The molecule has 18 heavy (non-hydrogen) atoms. The highest BCUT2D eigenvalue weighted by atomic mass is 32.2. The van der Waals surface area contributed by atoms with Crippen LogP contribution in [0.2, 0.25) is 0 Å². The second-order valence-electron chi connectivity index (χ2n) is 4.36. The van der Waals surface area contributed by atoms with Crippen LogP contribution in [0.3, 0.4) is 0 Å². The lowest BCUT2D eigenvalue weighted by Gasteiger charge is -2.18. The van der Waals surface area contributed by atoms with E-state index in [0.717, 1.165) is 23.8 Å². The summed E-state index contributed by atoms with van der Waals surface area (Å²) in [5.41, 5.74) is 0.918. The Kier molecular flexibility index (Phi) is 4.52. The van der Waals surface area contributed by atoms with Crippen molar-refractivity contribution in [3.05, 3.63) is 5.69 Å². The van der Waals surface area contributed by atoms with Crippen LogP contribution in [0.4, 0.5) is 5.00 Å². The molecule has 0 atom stereocenters. The van der Waals surface area contributed by atoms with Crippen LogP contribution in [-0.2, 0) is 16.4 Å². The van der Waals surface area contributed by atoms with Crippen LogP contribution in [0, 0.1) is 0 Å². The van der Waals surface area contributed by atoms with Gasteiger partial charge in [0.05, 0.1) is 11.5 Å². The van der Waals surface area contributed by atoms with Gasteiger partial charge < -0.3 is 5.32 Å². The molecule has 0 radical (unpaired) electrons. The number of rotatable bonds is 4. The number of anilines is 1. The molecule has 1 saturated heterocycles. The Morgan fingerprint density at radius 1 is 1.39 bits per heavy atom. The average Bonchev–Trinajstić information content (AvgIpc) is 2.66. The quantitative estimate of drug-likeness (QED) is 0.875. The summed E-state index contributed by atoms with van der Waals surface area (Å²) in [7, 11) is -2.84. The third-order valence-electron chi connectivity index (χ3n) is 2.91. The van der Waals surface area contributed by atoms with E-state index in [1.807, 2.05) is 6.92 Å². The van der Waals surface area contributed by atoms with Gasteiger partial charge in [-0.1, -0.05) is 4.49 Å². The number of aromatic nitrogens is 2. The van der Waals surface area contributed by atoms with Crippen molar-refractivity contribution in [3.63, 3.8) is 0 Å². The first-order valence-electron chi connectivity index (χ1n) is 6.08. The predicted molar refractivity (Wildman–Crippen MR) is 72.6 cm³/mol. The molecule has 8 heteroatoms. The van der Waals surface area contributed by atoms with Crippen molar-refractivity contribution < 1.29 is 8.42 Å². The van der Waals surface area contributed by atoms with Gasteiger partial charge >= 0.3 is 0 Å². The minimum Gasteiger partial charge on any atom is -0.374 e. The van der Waals surface area contributed by atoms with E-state index in [4.69, 9.17) is 0 Å². The lowest BCUT2D eigenvalue weighted by molar-refractivity contribution is 0.284. The monoisotopic (exact) mass is 290 g/mol. The second kappa shape index (κ2) is 5.94. The van der Waals surface area contributed by atoms with E-state index < -0.39 is 9.84 Å². The molecule has 2 heterocycles. The Morgan fingerprint density at radius 2 is 2.22 bits per heavy atom. The summed E-state index contributed by atoms with van der Waals surface area (Å²) < 4.78 is 27.0. The molecular formula is C10H18N4O2S2. The largest absolute Gasteiger partial charge is 0.374 e. The summed E-state index contributed by atoms with van der Waals surface area (Å²) in [6, 6.07) is 0. The fourth-order valence-corrected chi connectivity index (χ4v) is 3.92. The molecule has 1 N–H and O–H groups in total. The van der Waals surface area contributed by atoms with Crippen molar-refractivity contribution in [2.45, 2.75) is 19.9 Å². The normalized spacial score (nSPS) is 20.5. The number of hydrogen-bond donors (Lipinski definition) is 1. The summed E-state index contributed by atoms with van der Waals surface area (Å²) in [5, 5.41) is 8.33. The molecule has 0 saturated carbocycles. The summed E-state index contributed by atoms with van der Waals surface area (Å²) in [4.78, 5) is 2.14. The zero-order valence-electron chi connectivity index (χ0n) is 10.4. The first kappa shape index (κ1) is 13.7. The minimum absolute atomic E-state index is 0.251. The molecular weight excluding hydrogens is 272 g/mol. The van der Waals surface area contributed by atoms with E-state index in [2.05, 4.69) is 19.8 Å². The zero-order valence-corrected chi connectivity index (χ0v) is 12.1. The maximum atomic E-state index is 11.5. The fourth-order valence-electron chi connectivity index (χ4n) is 1.97. The van der Waals surface area contributed by atoms with Gasteiger partial charge in [0, 0.05) is 31.2 Å². The predicted octanol–water partition coefficient (Wildman–Crippen LogP) is 0.590. The van der Waals surface area contributed by atoms with Crippen molar-refractivity contribution in [2.75, 3.05) is 36.5 Å². The molecule has 102 valence electrons. The third-order valence-corrected chi connectivity index (χ3v) is 5.36. The smallest absolute Gasteiger partial charge is 0.151 e. The van der Waals surface area contributed by atoms with Gasteiger partial charge in [0.2, 0.25) is 0 Å². The molecule has 6 nitrogen and oxygen atoms in total. The minimum atomic E-state index is -2.84. The maximum Gasteiger partial charge on any atom is 0.151 e. The highest BCUT2D eigenvalue weighted by Gasteiger charge is 2.20. The summed E-state index contributed by atoms with van der Waals surface area (Å²) in [6.45, 7) is 4.94. The van der Waals surface area contributed by atoms with Crippen molar-refractivity contribution >= 4 is 26.4 Å². The highest BCUT2D eigenvalue weighted by molar-refractivity contribution is 7.91. The Morgan fingerprint density at radius 3 is 3.00 bits per heavy atom. The zero-order chi connectivity index (χ0) is 13.0. The number of nitrogens with zero attached hydrogens (tertiary/aromatic N) is 3. The summed E-state index contributed by atoms with van der Waals surface area (Å²) in [5.74, 6) is 0.556. The average molecular weight is 290 g/mol. The molecule has 0 unspecified atom stereocenters. The third kappa shape index (κ3) is 3.63. The van der Waals surface area contributed by atoms with E-state index in [1.165, 1.54) is 11.5 Å². The van der Waals surface area contributed by atoms with E-state index in [-0.39, 0.29) is 5.75 Å². The molecule has 2 rings (SSSR count). The van der Waals surface area contributed by atoms with Gasteiger partial charge in [0.1, 0.15) is 10.7 Å². The van der Waals surface area contributed by atoms with E-state index in [1.54, 1.807) is 0 Å². The molecule has 0 aliphatic carbocycles. The van der Waals surface area contributed by atoms with E-state index >= 15 is 0 Å². The van der Waals surface area contributed by atoms with E-state index in [0.29, 0.717) is 25.3 Å². The van der Waals surface area contributed by atoms with Crippen molar-refractivity contribution in [1.29, 1.82) is 0 Å². The SMILES string of the molecule is CCNc1snnc1CN1CCCS(=O)(=O)CC1. The second-order valence-corrected chi connectivity index (χ2v) is 7.42. The van der Waals surface area contributed by atoms with Crippen LogP contribution < -0.4 is 5.32 Å². The van der Waals surface area contributed by atoms with Gasteiger partial charge in [-0.05, 0) is 19.9 Å². The maximum absolute atomic E-state index is 11.5. The van der Waals surface area contributed by atoms with Gasteiger partial charge in [-0.25, -0.2) is 8.42 Å². The van der Waals surface area contributed by atoms with Crippen LogP contribution in [0.5, 0.6) is 0 Å². The molecule has 0 aromatic carbocycles. The van der Waals surface area contributed by atoms with Gasteiger partial charge in [0.25, 0.3) is 0 Å². The molecule has 1 fully saturated rings. The van der Waals surface area contributed by atoms with Crippen molar-refractivity contribution in [1.82, 2.24) is 14.5 Å². The van der Waals surface area contributed by atoms with Gasteiger partial charge in [-0.2, -0.15) is 0 Å². The lowest BCUT2D eigenvalue weighted by atomic mass is 10.3. The molecule has 1 aromatic rings. The van der Waals surface area contributed by atoms with Crippen LogP contribution in [-0.4, -0.2) is 54.0 Å². The van der Waals surface area contributed by atoms with Crippen molar-refractivity contribution in [2.24, 2.45) is 0 Å². The van der Waals surface area contributed by atoms with Crippen LogP contribution in [0.1, 0.15) is 19.0 Å².